The van der Waals surface area contributed by atoms with Crippen molar-refractivity contribution in [2.75, 3.05) is 0 Å². The van der Waals surface area contributed by atoms with Crippen LogP contribution in [0, 0.1) is 5.92 Å². The van der Waals surface area contributed by atoms with Gasteiger partial charge in [-0.3, -0.25) is 4.79 Å². The summed E-state index contributed by atoms with van der Waals surface area (Å²) < 4.78 is 0. The minimum absolute atomic E-state index is 0.0600. The Morgan fingerprint density at radius 1 is 1.36 bits per heavy atom. The van der Waals surface area contributed by atoms with Crippen molar-refractivity contribution in [1.29, 1.82) is 0 Å². The Labute approximate surface area is 85.1 Å². The van der Waals surface area contributed by atoms with E-state index < -0.39 is 0 Å². The highest BCUT2D eigenvalue weighted by Crippen LogP contribution is 2.09. The number of Topliss-reactive ketones (excluding diaryl/α,β-unsaturated/α-hetero) is 1. The number of benzene rings is 1. The van der Waals surface area contributed by atoms with E-state index in [4.69, 9.17) is 5.73 Å². The zero-order valence-corrected chi connectivity index (χ0v) is 8.73. The molecular weight excluding hydrogens is 174 g/mol. The lowest BCUT2D eigenvalue weighted by atomic mass is 9.93. The number of hydrogen-bond acceptors (Lipinski definition) is 2. The van der Waals surface area contributed by atoms with Gasteiger partial charge in [0.2, 0.25) is 0 Å². The molecule has 0 aliphatic rings. The maximum absolute atomic E-state index is 11.1. The van der Waals surface area contributed by atoms with E-state index in [9.17, 15) is 4.79 Å². The number of hydrogen-bond donors (Lipinski definition) is 1. The number of nitrogens with two attached hydrogens (primary N) is 1. The minimum atomic E-state index is -0.0742. The molecular formula is C12H17NO. The number of ketones is 1. The lowest BCUT2D eigenvalue weighted by Crippen LogP contribution is -2.34. The Hall–Kier alpha value is -1.15. The lowest BCUT2D eigenvalue weighted by Gasteiger charge is -2.16. The molecule has 0 heterocycles. The van der Waals surface area contributed by atoms with Crippen molar-refractivity contribution in [2.24, 2.45) is 11.7 Å². The fraction of sp³-hybridized carbons (Fsp3) is 0.417. The molecule has 2 nitrogen and oxygen atoms in total. The molecule has 0 radical (unpaired) electrons. The van der Waals surface area contributed by atoms with Gasteiger partial charge < -0.3 is 5.73 Å². The van der Waals surface area contributed by atoms with E-state index in [1.54, 1.807) is 6.92 Å². The fourth-order valence-corrected chi connectivity index (χ4v) is 1.36. The molecule has 2 atom stereocenters. The molecule has 0 aliphatic heterocycles. The normalized spacial score (nSPS) is 14.8. The maximum atomic E-state index is 11.1. The van der Waals surface area contributed by atoms with E-state index in [0.29, 0.717) is 0 Å². The van der Waals surface area contributed by atoms with Gasteiger partial charge in [-0.2, -0.15) is 0 Å². The molecule has 1 rings (SSSR count). The third kappa shape index (κ3) is 2.96. The summed E-state index contributed by atoms with van der Waals surface area (Å²) in [5.74, 6) is 0.101. The fourth-order valence-electron chi connectivity index (χ4n) is 1.36. The molecule has 0 saturated carbocycles. The van der Waals surface area contributed by atoms with Crippen LogP contribution in [0.5, 0.6) is 0 Å². The van der Waals surface area contributed by atoms with E-state index in [-0.39, 0.29) is 17.7 Å². The second kappa shape index (κ2) is 4.91. The van der Waals surface area contributed by atoms with Crippen LogP contribution in [-0.2, 0) is 11.2 Å². The topological polar surface area (TPSA) is 43.1 Å². The van der Waals surface area contributed by atoms with Crippen molar-refractivity contribution >= 4 is 5.78 Å². The summed E-state index contributed by atoms with van der Waals surface area (Å²) in [6.45, 7) is 3.48. The van der Waals surface area contributed by atoms with Crippen molar-refractivity contribution in [2.45, 2.75) is 26.3 Å². The second-order valence-corrected chi connectivity index (χ2v) is 3.75. The van der Waals surface area contributed by atoms with E-state index in [1.165, 1.54) is 5.56 Å². The van der Waals surface area contributed by atoms with Gasteiger partial charge in [0.25, 0.3) is 0 Å². The molecule has 0 amide bonds. The third-order valence-corrected chi connectivity index (χ3v) is 2.60. The van der Waals surface area contributed by atoms with Crippen molar-refractivity contribution < 1.29 is 4.79 Å². The predicted octanol–water partition coefficient (Wildman–Crippen LogP) is 1.78. The molecule has 1 aromatic rings. The first-order chi connectivity index (χ1) is 6.61. The highest BCUT2D eigenvalue weighted by atomic mass is 16.1. The van der Waals surface area contributed by atoms with Crippen molar-refractivity contribution in [3.8, 4) is 0 Å². The van der Waals surface area contributed by atoms with Crippen LogP contribution in [-0.4, -0.2) is 11.8 Å². The Bertz CT molecular complexity index is 294. The third-order valence-electron chi connectivity index (χ3n) is 2.60. The van der Waals surface area contributed by atoms with Crippen LogP contribution < -0.4 is 5.73 Å². The van der Waals surface area contributed by atoms with Crippen LogP contribution in [0.15, 0.2) is 30.3 Å². The molecule has 14 heavy (non-hydrogen) atoms. The summed E-state index contributed by atoms with van der Waals surface area (Å²) in [5.41, 5.74) is 7.12. The molecule has 0 aliphatic carbocycles. The Balaban J connectivity index is 2.57. The quantitative estimate of drug-likeness (QED) is 0.788. The molecule has 0 fully saturated rings. The zero-order valence-electron chi connectivity index (χ0n) is 8.73. The summed E-state index contributed by atoms with van der Waals surface area (Å²) in [4.78, 5) is 11.1. The summed E-state index contributed by atoms with van der Waals surface area (Å²) in [5, 5.41) is 0. The first-order valence-electron chi connectivity index (χ1n) is 4.91. The first kappa shape index (κ1) is 10.9. The van der Waals surface area contributed by atoms with Crippen molar-refractivity contribution in [1.82, 2.24) is 0 Å². The highest BCUT2D eigenvalue weighted by Gasteiger charge is 2.16. The predicted molar refractivity (Wildman–Crippen MR) is 58.0 cm³/mol. The van der Waals surface area contributed by atoms with Crippen LogP contribution in [0.2, 0.25) is 0 Å². The summed E-state index contributed by atoms with van der Waals surface area (Å²) in [7, 11) is 0. The van der Waals surface area contributed by atoms with Crippen molar-refractivity contribution in [3.63, 3.8) is 0 Å². The molecule has 0 bridgehead atoms. The van der Waals surface area contributed by atoms with Gasteiger partial charge in [-0.25, -0.2) is 0 Å². The molecule has 1 aromatic carbocycles. The van der Waals surface area contributed by atoms with Gasteiger partial charge in [-0.05, 0) is 18.9 Å². The van der Waals surface area contributed by atoms with E-state index in [2.05, 4.69) is 0 Å². The van der Waals surface area contributed by atoms with Gasteiger partial charge in [0.05, 0.1) is 0 Å². The van der Waals surface area contributed by atoms with Gasteiger partial charge >= 0.3 is 0 Å². The highest BCUT2D eigenvalue weighted by molar-refractivity contribution is 5.78. The minimum Gasteiger partial charge on any atom is -0.327 e. The molecule has 0 aromatic heterocycles. The summed E-state index contributed by atoms with van der Waals surface area (Å²) in [6, 6.07) is 9.94. The number of carbonyl (C=O) groups excluding carboxylic acids is 1. The van der Waals surface area contributed by atoms with Crippen molar-refractivity contribution in [3.05, 3.63) is 35.9 Å². The maximum Gasteiger partial charge on any atom is 0.134 e. The van der Waals surface area contributed by atoms with Crippen LogP contribution in [0.4, 0.5) is 0 Å². The van der Waals surface area contributed by atoms with Gasteiger partial charge in [0, 0.05) is 12.0 Å². The largest absolute Gasteiger partial charge is 0.327 e. The van der Waals surface area contributed by atoms with Crippen LogP contribution in [0.1, 0.15) is 19.4 Å². The molecule has 2 heteroatoms. The van der Waals surface area contributed by atoms with E-state index >= 15 is 0 Å². The summed E-state index contributed by atoms with van der Waals surface area (Å²) in [6.07, 6.45) is 0.765. The Morgan fingerprint density at radius 2 is 1.93 bits per heavy atom. The van der Waals surface area contributed by atoms with Gasteiger partial charge in [-0.15, -0.1) is 0 Å². The molecule has 2 unspecified atom stereocenters. The monoisotopic (exact) mass is 191 g/mol. The van der Waals surface area contributed by atoms with E-state index in [0.717, 1.165) is 6.42 Å². The van der Waals surface area contributed by atoms with Gasteiger partial charge in [-0.1, -0.05) is 37.3 Å². The van der Waals surface area contributed by atoms with Gasteiger partial charge in [0.15, 0.2) is 0 Å². The lowest BCUT2D eigenvalue weighted by molar-refractivity contribution is -0.120. The number of rotatable bonds is 4. The van der Waals surface area contributed by atoms with E-state index in [1.807, 2.05) is 37.3 Å². The smallest absolute Gasteiger partial charge is 0.134 e. The average molecular weight is 191 g/mol. The second-order valence-electron chi connectivity index (χ2n) is 3.75. The number of carbonyl (C=O) groups is 1. The van der Waals surface area contributed by atoms with Crippen LogP contribution >= 0.6 is 0 Å². The standard InChI is InChI=1S/C12H17NO/c1-9(10(2)14)12(13)8-11-6-4-3-5-7-11/h3-7,9,12H,8,13H2,1-2H3. The molecule has 0 saturated heterocycles. The Kier molecular flexibility index (Phi) is 3.84. The van der Waals surface area contributed by atoms with Crippen LogP contribution in [0.3, 0.4) is 0 Å². The van der Waals surface area contributed by atoms with Gasteiger partial charge in [0.1, 0.15) is 5.78 Å². The average Bonchev–Trinajstić information content (AvgIpc) is 2.18. The summed E-state index contributed by atoms with van der Waals surface area (Å²) >= 11 is 0. The first-order valence-corrected chi connectivity index (χ1v) is 4.91. The SMILES string of the molecule is CC(=O)C(C)C(N)Cc1ccccc1. The Morgan fingerprint density at radius 3 is 2.43 bits per heavy atom. The van der Waals surface area contributed by atoms with Crippen LogP contribution in [0.25, 0.3) is 0 Å². The molecule has 0 spiro atoms. The molecule has 2 N–H and O–H groups in total. The zero-order chi connectivity index (χ0) is 10.6. The molecule has 76 valence electrons.